The Bertz CT molecular complexity index is 372. The van der Waals surface area contributed by atoms with Gasteiger partial charge in [0.1, 0.15) is 0 Å². The molecule has 76 valence electrons. The van der Waals surface area contributed by atoms with Gasteiger partial charge >= 0.3 is 0 Å². The largest absolute Gasteiger partial charge is 0.292 e. The summed E-state index contributed by atoms with van der Waals surface area (Å²) in [7, 11) is 0. The molecule has 0 heterocycles. The number of hydrogen-bond donors (Lipinski definition) is 0. The molecule has 0 fully saturated rings. The van der Waals surface area contributed by atoms with Gasteiger partial charge in [-0.1, -0.05) is 28.1 Å². The molecule has 1 atom stereocenters. The van der Waals surface area contributed by atoms with Crippen LogP contribution >= 0.6 is 27.5 Å². The van der Waals surface area contributed by atoms with Crippen molar-refractivity contribution in [3.63, 3.8) is 0 Å². The molecule has 0 saturated heterocycles. The van der Waals surface area contributed by atoms with Crippen LogP contribution in [0.3, 0.4) is 0 Å². The van der Waals surface area contributed by atoms with E-state index in [2.05, 4.69) is 15.9 Å². The number of hydrogen-bond acceptors (Lipinski definition) is 1. The molecular weight excluding hydrogens is 263 g/mol. The minimum atomic E-state index is -0.636. The molecule has 1 rings (SSSR count). The molecule has 0 saturated carbocycles. The Morgan fingerprint density at radius 2 is 1.86 bits per heavy atom. The standard InChI is InChI=1S/C11H12BrClO/c1-6-4-5-9(8(3)7(6)2)10(14)11(12)13/h4-5,11H,1-3H3. The number of benzene rings is 1. The minimum absolute atomic E-state index is 0.0766. The lowest BCUT2D eigenvalue weighted by atomic mass is 9.97. The highest BCUT2D eigenvalue weighted by atomic mass is 79.9. The number of halogens is 2. The van der Waals surface area contributed by atoms with Crippen LogP contribution in [0.5, 0.6) is 0 Å². The topological polar surface area (TPSA) is 17.1 Å². The molecule has 1 nitrogen and oxygen atoms in total. The quantitative estimate of drug-likeness (QED) is 0.593. The van der Waals surface area contributed by atoms with Crippen molar-refractivity contribution in [2.45, 2.75) is 25.1 Å². The molecule has 3 heteroatoms. The molecule has 0 aromatic heterocycles. The van der Waals surface area contributed by atoms with E-state index in [1.165, 1.54) is 5.56 Å². The van der Waals surface area contributed by atoms with E-state index < -0.39 is 4.29 Å². The van der Waals surface area contributed by atoms with Crippen molar-refractivity contribution in [1.82, 2.24) is 0 Å². The van der Waals surface area contributed by atoms with E-state index in [9.17, 15) is 4.79 Å². The summed E-state index contributed by atoms with van der Waals surface area (Å²) in [6, 6.07) is 3.78. The van der Waals surface area contributed by atoms with Crippen LogP contribution in [0.15, 0.2) is 12.1 Å². The number of rotatable bonds is 2. The number of alkyl halides is 2. The first-order valence-corrected chi connectivity index (χ1v) is 5.69. The van der Waals surface area contributed by atoms with Gasteiger partial charge < -0.3 is 0 Å². The second-order valence-electron chi connectivity index (χ2n) is 3.34. The molecule has 0 radical (unpaired) electrons. The van der Waals surface area contributed by atoms with Crippen molar-refractivity contribution < 1.29 is 4.79 Å². The fraction of sp³-hybridized carbons (Fsp3) is 0.364. The van der Waals surface area contributed by atoms with Gasteiger partial charge in [0.15, 0.2) is 10.1 Å². The van der Waals surface area contributed by atoms with E-state index in [1.807, 2.05) is 32.9 Å². The summed E-state index contributed by atoms with van der Waals surface area (Å²) in [5.74, 6) is -0.0766. The molecule has 0 bridgehead atoms. The highest BCUT2D eigenvalue weighted by molar-refractivity contribution is 9.10. The summed E-state index contributed by atoms with van der Waals surface area (Å²) < 4.78 is -0.636. The highest BCUT2D eigenvalue weighted by Gasteiger charge is 2.17. The van der Waals surface area contributed by atoms with E-state index in [-0.39, 0.29) is 5.78 Å². The average Bonchev–Trinajstić information content (AvgIpc) is 2.13. The van der Waals surface area contributed by atoms with Crippen molar-refractivity contribution >= 4 is 33.3 Å². The number of Topliss-reactive ketones (excluding diaryl/α,β-unsaturated/α-hetero) is 1. The Kier molecular flexibility index (Phi) is 3.73. The lowest BCUT2D eigenvalue weighted by Crippen LogP contribution is -2.10. The molecule has 14 heavy (non-hydrogen) atoms. The Balaban J connectivity index is 3.24. The molecule has 1 aromatic rings. The van der Waals surface area contributed by atoms with Gasteiger partial charge in [0.25, 0.3) is 0 Å². The van der Waals surface area contributed by atoms with Crippen molar-refractivity contribution in [3.8, 4) is 0 Å². The lowest BCUT2D eigenvalue weighted by molar-refractivity contribution is 0.101. The van der Waals surface area contributed by atoms with Gasteiger partial charge in [-0.2, -0.15) is 0 Å². The van der Waals surface area contributed by atoms with Crippen molar-refractivity contribution in [3.05, 3.63) is 34.4 Å². The van der Waals surface area contributed by atoms with E-state index >= 15 is 0 Å². The molecule has 1 aromatic carbocycles. The van der Waals surface area contributed by atoms with Crippen molar-refractivity contribution in [1.29, 1.82) is 0 Å². The third-order valence-corrected chi connectivity index (χ3v) is 3.14. The number of aryl methyl sites for hydroxylation is 1. The molecule has 1 unspecified atom stereocenters. The molecule has 0 aliphatic carbocycles. The predicted octanol–water partition coefficient (Wildman–Crippen LogP) is 3.75. The Hall–Kier alpha value is -0.340. The van der Waals surface area contributed by atoms with Gasteiger partial charge in [-0.25, -0.2) is 0 Å². The van der Waals surface area contributed by atoms with Gasteiger partial charge in [0, 0.05) is 5.56 Å². The normalized spacial score (nSPS) is 12.6. The average molecular weight is 276 g/mol. The lowest BCUT2D eigenvalue weighted by Gasteiger charge is -2.10. The zero-order valence-electron chi connectivity index (χ0n) is 8.40. The van der Waals surface area contributed by atoms with Crippen LogP contribution in [0.2, 0.25) is 0 Å². The zero-order valence-corrected chi connectivity index (χ0v) is 10.7. The van der Waals surface area contributed by atoms with E-state index in [0.717, 1.165) is 11.1 Å². The van der Waals surface area contributed by atoms with Gasteiger partial charge in [-0.3, -0.25) is 4.79 Å². The van der Waals surface area contributed by atoms with Crippen LogP contribution in [0.4, 0.5) is 0 Å². The van der Waals surface area contributed by atoms with Gasteiger partial charge in [-0.15, -0.1) is 11.6 Å². The summed E-state index contributed by atoms with van der Waals surface area (Å²) >= 11 is 8.76. The maximum atomic E-state index is 11.6. The summed E-state index contributed by atoms with van der Waals surface area (Å²) in [6.07, 6.45) is 0. The minimum Gasteiger partial charge on any atom is -0.292 e. The van der Waals surface area contributed by atoms with Crippen LogP contribution < -0.4 is 0 Å². The second-order valence-corrected chi connectivity index (χ2v) is 5.22. The fourth-order valence-corrected chi connectivity index (χ4v) is 1.70. The summed E-state index contributed by atoms with van der Waals surface area (Å²) in [6.45, 7) is 5.99. The Labute approximate surface area is 97.6 Å². The monoisotopic (exact) mass is 274 g/mol. The van der Waals surface area contributed by atoms with E-state index in [1.54, 1.807) is 0 Å². The first kappa shape index (κ1) is 11.7. The molecule has 0 amide bonds. The van der Waals surface area contributed by atoms with E-state index in [0.29, 0.717) is 5.56 Å². The van der Waals surface area contributed by atoms with Gasteiger partial charge in [-0.05, 0) is 37.5 Å². The SMILES string of the molecule is Cc1ccc(C(=O)C(Cl)Br)c(C)c1C. The highest BCUT2D eigenvalue weighted by Crippen LogP contribution is 2.21. The zero-order chi connectivity index (χ0) is 10.9. The summed E-state index contributed by atoms with van der Waals surface area (Å²) in [5, 5.41) is 0. The Morgan fingerprint density at radius 1 is 1.29 bits per heavy atom. The van der Waals surface area contributed by atoms with Crippen molar-refractivity contribution in [2.75, 3.05) is 0 Å². The van der Waals surface area contributed by atoms with Gasteiger partial charge in [0.05, 0.1) is 0 Å². The maximum absolute atomic E-state index is 11.6. The maximum Gasteiger partial charge on any atom is 0.191 e. The smallest absolute Gasteiger partial charge is 0.191 e. The van der Waals surface area contributed by atoms with Crippen molar-refractivity contribution in [2.24, 2.45) is 0 Å². The van der Waals surface area contributed by atoms with Crippen LogP contribution in [0, 0.1) is 20.8 Å². The molecule has 0 aliphatic rings. The first-order valence-electron chi connectivity index (χ1n) is 4.34. The third kappa shape index (κ3) is 2.18. The fourth-order valence-electron chi connectivity index (χ4n) is 1.34. The van der Waals surface area contributed by atoms with E-state index in [4.69, 9.17) is 11.6 Å². The summed E-state index contributed by atoms with van der Waals surface area (Å²) in [4.78, 5) is 11.6. The van der Waals surface area contributed by atoms with Crippen LogP contribution in [-0.2, 0) is 0 Å². The van der Waals surface area contributed by atoms with Crippen LogP contribution in [-0.4, -0.2) is 10.1 Å². The molecule has 0 N–H and O–H groups in total. The van der Waals surface area contributed by atoms with Crippen LogP contribution in [0.1, 0.15) is 27.0 Å². The number of carbonyl (C=O) groups excluding carboxylic acids is 1. The van der Waals surface area contributed by atoms with Gasteiger partial charge in [0.2, 0.25) is 0 Å². The Morgan fingerprint density at radius 3 is 2.36 bits per heavy atom. The summed E-state index contributed by atoms with van der Waals surface area (Å²) in [5.41, 5.74) is 4.06. The first-order chi connectivity index (χ1) is 6.45. The predicted molar refractivity (Wildman–Crippen MR) is 63.6 cm³/mol. The third-order valence-electron chi connectivity index (χ3n) is 2.52. The molecule has 0 aliphatic heterocycles. The molecular formula is C11H12BrClO. The number of carbonyl (C=O) groups is 1. The van der Waals surface area contributed by atoms with Crippen LogP contribution in [0.25, 0.3) is 0 Å². The number of ketones is 1. The molecule has 0 spiro atoms. The second kappa shape index (κ2) is 4.45.